The Balaban J connectivity index is 2.35. The van der Waals surface area contributed by atoms with Crippen molar-refractivity contribution in [2.75, 3.05) is 13.7 Å². The number of ether oxygens (including phenoxy) is 2. The number of para-hydroxylation sites is 1. The lowest BCUT2D eigenvalue weighted by Gasteiger charge is -2.32. The molecule has 3 aromatic rings. The van der Waals surface area contributed by atoms with Crippen LogP contribution in [0.2, 0.25) is 0 Å². The summed E-state index contributed by atoms with van der Waals surface area (Å²) in [6.45, 7) is 4.56. The Labute approximate surface area is 168 Å². The molecule has 0 saturated heterocycles. The van der Waals surface area contributed by atoms with E-state index in [-0.39, 0.29) is 0 Å². The highest BCUT2D eigenvalue weighted by Crippen LogP contribution is 2.40. The molecule has 1 heterocycles. The monoisotopic (exact) mass is 396 g/mol. The number of esters is 1. The minimum atomic E-state index is -1.65. The van der Waals surface area contributed by atoms with E-state index in [4.69, 9.17) is 9.47 Å². The SMILES string of the molecule is COc1cccc([C@](C[N+](=O)[O-])(C(=O)OC(C)(C)C)c2c[nH]c3ccccc23)c1. The van der Waals surface area contributed by atoms with E-state index in [1.54, 1.807) is 51.2 Å². The fraction of sp³-hybridized carbons (Fsp3) is 0.318. The molecule has 152 valence electrons. The van der Waals surface area contributed by atoms with Gasteiger partial charge in [-0.05, 0) is 44.5 Å². The number of nitrogens with one attached hydrogen (secondary N) is 1. The van der Waals surface area contributed by atoms with Gasteiger partial charge in [-0.2, -0.15) is 0 Å². The Morgan fingerprint density at radius 2 is 1.86 bits per heavy atom. The van der Waals surface area contributed by atoms with Crippen molar-refractivity contribution in [2.24, 2.45) is 0 Å². The van der Waals surface area contributed by atoms with Crippen LogP contribution in [0.15, 0.2) is 54.7 Å². The van der Waals surface area contributed by atoms with Crippen LogP contribution in [0.4, 0.5) is 0 Å². The van der Waals surface area contributed by atoms with Gasteiger partial charge in [0, 0.05) is 27.6 Å². The minimum Gasteiger partial charge on any atom is -0.497 e. The van der Waals surface area contributed by atoms with Gasteiger partial charge in [-0.1, -0.05) is 30.3 Å². The van der Waals surface area contributed by atoms with Gasteiger partial charge in [-0.15, -0.1) is 0 Å². The maximum absolute atomic E-state index is 13.6. The fourth-order valence-corrected chi connectivity index (χ4v) is 3.50. The van der Waals surface area contributed by atoms with Crippen molar-refractivity contribution in [3.05, 3.63) is 76.0 Å². The first-order chi connectivity index (χ1) is 13.7. The van der Waals surface area contributed by atoms with Gasteiger partial charge >= 0.3 is 5.97 Å². The standard InChI is InChI=1S/C22H24N2O5/c1-21(2,3)29-20(25)22(14-24(26)27,15-8-7-9-16(12-15)28-4)18-13-23-19-11-6-5-10-17(18)19/h5-13,23H,14H2,1-4H3/t22-/m0/s1. The summed E-state index contributed by atoms with van der Waals surface area (Å²) >= 11 is 0. The third kappa shape index (κ3) is 3.94. The van der Waals surface area contributed by atoms with Crippen LogP contribution in [0, 0.1) is 10.1 Å². The van der Waals surface area contributed by atoms with Crippen LogP contribution >= 0.6 is 0 Å². The van der Waals surface area contributed by atoms with Gasteiger partial charge in [0.2, 0.25) is 6.54 Å². The zero-order valence-corrected chi connectivity index (χ0v) is 16.9. The molecule has 2 aromatic carbocycles. The molecule has 7 heteroatoms. The summed E-state index contributed by atoms with van der Waals surface area (Å²) in [5.74, 6) is -0.182. The molecule has 0 spiro atoms. The molecule has 1 N–H and O–H groups in total. The molecular formula is C22H24N2O5. The summed E-state index contributed by atoms with van der Waals surface area (Å²) in [4.78, 5) is 28.0. The average Bonchev–Trinajstić information content (AvgIpc) is 3.09. The van der Waals surface area contributed by atoms with Gasteiger partial charge in [-0.3, -0.25) is 14.9 Å². The number of aromatic amines is 1. The van der Waals surface area contributed by atoms with Crippen LogP contribution in [0.25, 0.3) is 10.9 Å². The number of H-pyrrole nitrogens is 1. The first kappa shape index (κ1) is 20.4. The van der Waals surface area contributed by atoms with E-state index in [1.807, 2.05) is 24.3 Å². The Hall–Kier alpha value is -3.35. The highest BCUT2D eigenvalue weighted by Gasteiger charge is 2.51. The lowest BCUT2D eigenvalue weighted by molar-refractivity contribution is -0.486. The number of aromatic nitrogens is 1. The normalized spacial score (nSPS) is 13.7. The van der Waals surface area contributed by atoms with Crippen LogP contribution in [-0.2, 0) is 14.9 Å². The molecule has 0 unspecified atom stereocenters. The molecule has 0 aliphatic carbocycles. The van der Waals surface area contributed by atoms with E-state index in [9.17, 15) is 14.9 Å². The highest BCUT2D eigenvalue weighted by atomic mass is 16.6. The summed E-state index contributed by atoms with van der Waals surface area (Å²) < 4.78 is 11.0. The highest BCUT2D eigenvalue weighted by molar-refractivity contribution is 5.96. The molecule has 1 aromatic heterocycles. The summed E-state index contributed by atoms with van der Waals surface area (Å²) in [6.07, 6.45) is 1.65. The smallest absolute Gasteiger partial charge is 0.328 e. The number of methoxy groups -OCH3 is 1. The Morgan fingerprint density at radius 3 is 2.52 bits per heavy atom. The van der Waals surface area contributed by atoms with Crippen molar-refractivity contribution in [3.63, 3.8) is 0 Å². The molecule has 1 atom stereocenters. The van der Waals surface area contributed by atoms with Crippen molar-refractivity contribution in [2.45, 2.75) is 31.8 Å². The summed E-state index contributed by atoms with van der Waals surface area (Å²) in [6, 6.07) is 14.2. The first-order valence-corrected chi connectivity index (χ1v) is 9.24. The third-order valence-electron chi connectivity index (χ3n) is 4.73. The van der Waals surface area contributed by atoms with Gasteiger partial charge in [0.05, 0.1) is 7.11 Å². The van der Waals surface area contributed by atoms with Gasteiger partial charge in [-0.25, -0.2) is 0 Å². The summed E-state index contributed by atoms with van der Waals surface area (Å²) in [5.41, 5.74) is -0.754. The largest absolute Gasteiger partial charge is 0.497 e. The first-order valence-electron chi connectivity index (χ1n) is 9.24. The quantitative estimate of drug-likeness (QED) is 0.385. The topological polar surface area (TPSA) is 94.5 Å². The van der Waals surface area contributed by atoms with Crippen LogP contribution in [-0.4, -0.2) is 35.1 Å². The molecule has 0 fully saturated rings. The second-order valence-corrected chi connectivity index (χ2v) is 7.88. The average molecular weight is 396 g/mol. The van der Waals surface area contributed by atoms with E-state index in [2.05, 4.69) is 4.98 Å². The Bertz CT molecular complexity index is 1050. The number of benzene rings is 2. The molecule has 0 aliphatic rings. The summed E-state index contributed by atoms with van der Waals surface area (Å²) in [7, 11) is 1.51. The van der Waals surface area contributed by atoms with E-state index in [0.717, 1.165) is 10.9 Å². The van der Waals surface area contributed by atoms with Gasteiger partial charge in [0.25, 0.3) is 0 Å². The van der Waals surface area contributed by atoms with Gasteiger partial charge in [0.15, 0.2) is 5.41 Å². The molecular weight excluding hydrogens is 372 g/mol. The Kier molecular flexibility index (Phi) is 5.33. The van der Waals surface area contributed by atoms with Crippen molar-refractivity contribution in [3.8, 4) is 5.75 Å². The molecule has 0 amide bonds. The number of nitro groups is 1. The number of carbonyl (C=O) groups is 1. The molecule has 0 radical (unpaired) electrons. The number of rotatable bonds is 6. The maximum Gasteiger partial charge on any atom is 0.328 e. The van der Waals surface area contributed by atoms with Crippen LogP contribution in [0.5, 0.6) is 5.75 Å². The van der Waals surface area contributed by atoms with Crippen LogP contribution in [0.1, 0.15) is 31.9 Å². The number of nitrogens with zero attached hydrogens (tertiary/aromatic N) is 1. The van der Waals surface area contributed by atoms with E-state index >= 15 is 0 Å². The second kappa shape index (κ2) is 7.58. The predicted octanol–water partition coefficient (Wildman–Crippen LogP) is 4.08. The van der Waals surface area contributed by atoms with E-state index in [1.165, 1.54) is 7.11 Å². The number of hydrogen-bond acceptors (Lipinski definition) is 5. The number of carbonyl (C=O) groups excluding carboxylic acids is 1. The van der Waals surface area contributed by atoms with Crippen molar-refractivity contribution in [1.82, 2.24) is 4.98 Å². The molecule has 0 bridgehead atoms. The zero-order chi connectivity index (χ0) is 21.2. The second-order valence-electron chi connectivity index (χ2n) is 7.88. The number of hydrogen-bond donors (Lipinski definition) is 1. The minimum absolute atomic E-state index is 0.438. The van der Waals surface area contributed by atoms with E-state index in [0.29, 0.717) is 16.9 Å². The Morgan fingerprint density at radius 1 is 1.14 bits per heavy atom. The lowest BCUT2D eigenvalue weighted by atomic mass is 9.74. The predicted molar refractivity (Wildman–Crippen MR) is 110 cm³/mol. The van der Waals surface area contributed by atoms with Crippen molar-refractivity contribution in [1.29, 1.82) is 0 Å². The molecule has 29 heavy (non-hydrogen) atoms. The maximum atomic E-state index is 13.6. The molecule has 7 nitrogen and oxygen atoms in total. The van der Waals surface area contributed by atoms with E-state index < -0.39 is 28.5 Å². The fourth-order valence-electron chi connectivity index (χ4n) is 3.50. The third-order valence-corrected chi connectivity index (χ3v) is 4.73. The molecule has 0 aliphatic heterocycles. The van der Waals surface area contributed by atoms with Crippen molar-refractivity contribution < 1.29 is 19.2 Å². The number of fused-ring (bicyclic) bond motifs is 1. The van der Waals surface area contributed by atoms with Crippen LogP contribution in [0.3, 0.4) is 0 Å². The summed E-state index contributed by atoms with van der Waals surface area (Å²) in [5, 5.41) is 12.5. The van der Waals surface area contributed by atoms with Crippen molar-refractivity contribution >= 4 is 16.9 Å². The van der Waals surface area contributed by atoms with Gasteiger partial charge in [0.1, 0.15) is 11.4 Å². The van der Waals surface area contributed by atoms with Crippen LogP contribution < -0.4 is 4.74 Å². The molecule has 0 saturated carbocycles. The molecule has 3 rings (SSSR count). The lowest BCUT2D eigenvalue weighted by Crippen LogP contribution is -2.47. The van der Waals surface area contributed by atoms with Gasteiger partial charge < -0.3 is 14.5 Å². The zero-order valence-electron chi connectivity index (χ0n) is 16.9.